The van der Waals surface area contributed by atoms with Crippen molar-refractivity contribution in [2.75, 3.05) is 11.9 Å². The van der Waals surface area contributed by atoms with Crippen LogP contribution in [0.5, 0.6) is 0 Å². The lowest BCUT2D eigenvalue weighted by molar-refractivity contribution is -0.305. The van der Waals surface area contributed by atoms with E-state index in [9.17, 15) is 24.3 Å². The molecule has 0 saturated carbocycles. The van der Waals surface area contributed by atoms with E-state index in [1.54, 1.807) is 24.3 Å². The Morgan fingerprint density at radius 3 is 2.45 bits per heavy atom. The molecule has 1 heterocycles. The number of carboxylic acids is 1. The van der Waals surface area contributed by atoms with Crippen LogP contribution in [0, 0.1) is 0 Å². The Hall–Kier alpha value is -2.61. The van der Waals surface area contributed by atoms with Gasteiger partial charge in [0.25, 0.3) is 11.1 Å². The maximum atomic E-state index is 11.9. The number of carboxylic acid groups (broad SMARTS) is 1. The van der Waals surface area contributed by atoms with Gasteiger partial charge in [0.1, 0.15) is 0 Å². The average Bonchev–Trinajstić information content (AvgIpc) is 2.68. The van der Waals surface area contributed by atoms with Gasteiger partial charge in [0.05, 0.1) is 17.4 Å². The molecule has 0 bridgehead atoms. The van der Waals surface area contributed by atoms with E-state index < -0.39 is 23.7 Å². The number of hydrogen-bond donors (Lipinski definition) is 1. The summed E-state index contributed by atoms with van der Waals surface area (Å²) in [4.78, 5) is 45.7. The van der Waals surface area contributed by atoms with E-state index in [1.165, 1.54) is 13.0 Å². The Kier molecular flexibility index (Phi) is 4.62. The van der Waals surface area contributed by atoms with Crippen molar-refractivity contribution in [1.82, 2.24) is 4.90 Å². The maximum Gasteiger partial charge on any atom is 0.293 e. The molecule has 22 heavy (non-hydrogen) atoms. The molecule has 0 spiro atoms. The minimum absolute atomic E-state index is 0.138. The summed E-state index contributed by atoms with van der Waals surface area (Å²) in [6.07, 6.45) is 1.48. The number of amides is 3. The van der Waals surface area contributed by atoms with Crippen molar-refractivity contribution in [3.8, 4) is 0 Å². The van der Waals surface area contributed by atoms with E-state index in [4.69, 9.17) is 0 Å². The third-order valence-electron chi connectivity index (χ3n) is 2.69. The minimum atomic E-state index is -1.50. The second-order valence-corrected chi connectivity index (χ2v) is 5.44. The van der Waals surface area contributed by atoms with Crippen LogP contribution < -0.4 is 10.4 Å². The molecule has 7 nitrogen and oxygen atoms in total. The highest BCUT2D eigenvalue weighted by molar-refractivity contribution is 8.18. The van der Waals surface area contributed by atoms with Crippen molar-refractivity contribution in [3.05, 3.63) is 34.7 Å². The lowest BCUT2D eigenvalue weighted by atomic mass is 10.2. The van der Waals surface area contributed by atoms with Crippen LogP contribution in [-0.4, -0.2) is 34.5 Å². The SMILES string of the molecule is CC(=O)Nc1ccc(/C=C2\SC(=O)N(CC(=O)[O-])C2=O)cc1. The molecular weight excluding hydrogens is 308 g/mol. The predicted octanol–water partition coefficient (Wildman–Crippen LogP) is 0.431. The van der Waals surface area contributed by atoms with Gasteiger partial charge in [-0.05, 0) is 35.5 Å². The summed E-state index contributed by atoms with van der Waals surface area (Å²) in [5.74, 6) is -2.36. The molecule has 0 unspecified atom stereocenters. The summed E-state index contributed by atoms with van der Waals surface area (Å²) in [5, 5.41) is 12.5. The highest BCUT2D eigenvalue weighted by Gasteiger charge is 2.34. The number of carbonyl (C=O) groups excluding carboxylic acids is 4. The van der Waals surface area contributed by atoms with E-state index in [0.29, 0.717) is 27.9 Å². The molecule has 0 atom stereocenters. The van der Waals surface area contributed by atoms with Gasteiger partial charge >= 0.3 is 0 Å². The molecule has 1 aromatic carbocycles. The number of rotatable bonds is 4. The number of hydrogen-bond acceptors (Lipinski definition) is 6. The zero-order chi connectivity index (χ0) is 16.3. The van der Waals surface area contributed by atoms with Gasteiger partial charge in [-0.25, -0.2) is 0 Å². The van der Waals surface area contributed by atoms with Gasteiger partial charge in [0.15, 0.2) is 0 Å². The van der Waals surface area contributed by atoms with Crippen LogP contribution in [-0.2, 0) is 14.4 Å². The van der Waals surface area contributed by atoms with E-state index in [2.05, 4.69) is 5.32 Å². The molecule has 0 aromatic heterocycles. The fourth-order valence-corrected chi connectivity index (χ4v) is 2.62. The van der Waals surface area contributed by atoms with Crippen molar-refractivity contribution in [1.29, 1.82) is 0 Å². The average molecular weight is 319 g/mol. The second-order valence-electron chi connectivity index (χ2n) is 4.44. The zero-order valence-corrected chi connectivity index (χ0v) is 12.3. The molecular formula is C14H11N2O5S-. The monoisotopic (exact) mass is 319 g/mol. The largest absolute Gasteiger partial charge is 0.548 e. The number of carbonyl (C=O) groups is 4. The van der Waals surface area contributed by atoms with Crippen LogP contribution in [0.2, 0.25) is 0 Å². The highest BCUT2D eigenvalue weighted by atomic mass is 32.2. The first kappa shape index (κ1) is 15.8. The lowest BCUT2D eigenvalue weighted by Gasteiger charge is -2.12. The van der Waals surface area contributed by atoms with Crippen LogP contribution in [0.25, 0.3) is 6.08 Å². The third kappa shape index (κ3) is 3.73. The first-order chi connectivity index (χ1) is 10.4. The fourth-order valence-electron chi connectivity index (χ4n) is 1.78. The van der Waals surface area contributed by atoms with Crippen LogP contribution >= 0.6 is 11.8 Å². The zero-order valence-electron chi connectivity index (χ0n) is 11.5. The summed E-state index contributed by atoms with van der Waals surface area (Å²) in [6.45, 7) is 0.630. The number of nitrogens with zero attached hydrogens (tertiary/aromatic N) is 1. The van der Waals surface area contributed by atoms with Crippen molar-refractivity contribution < 1.29 is 24.3 Å². The van der Waals surface area contributed by atoms with Crippen LogP contribution in [0.15, 0.2) is 29.2 Å². The molecule has 1 aliphatic rings. The fraction of sp³-hybridized carbons (Fsp3) is 0.143. The van der Waals surface area contributed by atoms with E-state index in [0.717, 1.165) is 0 Å². The molecule has 2 rings (SSSR count). The van der Waals surface area contributed by atoms with Crippen LogP contribution in [0.4, 0.5) is 10.5 Å². The normalized spacial score (nSPS) is 16.2. The predicted molar refractivity (Wildman–Crippen MR) is 78.4 cm³/mol. The van der Waals surface area contributed by atoms with Crippen LogP contribution in [0.1, 0.15) is 12.5 Å². The van der Waals surface area contributed by atoms with E-state index in [1.807, 2.05) is 0 Å². The number of benzene rings is 1. The second kappa shape index (κ2) is 6.44. The van der Waals surface area contributed by atoms with Gasteiger partial charge in [-0.2, -0.15) is 0 Å². The molecule has 1 N–H and O–H groups in total. The third-order valence-corrected chi connectivity index (χ3v) is 3.60. The summed E-state index contributed by atoms with van der Waals surface area (Å²) >= 11 is 0.671. The number of anilines is 1. The molecule has 0 aliphatic carbocycles. The van der Waals surface area contributed by atoms with Crippen molar-refractivity contribution in [3.63, 3.8) is 0 Å². The Labute approximate surface area is 130 Å². The number of thioether (sulfide) groups is 1. The number of nitrogens with one attached hydrogen (secondary N) is 1. The van der Waals surface area contributed by atoms with Crippen molar-refractivity contribution >= 4 is 46.5 Å². The number of imide groups is 1. The Morgan fingerprint density at radius 1 is 1.27 bits per heavy atom. The molecule has 1 fully saturated rings. The summed E-state index contributed by atoms with van der Waals surface area (Å²) in [7, 11) is 0. The summed E-state index contributed by atoms with van der Waals surface area (Å²) < 4.78 is 0. The minimum Gasteiger partial charge on any atom is -0.548 e. The Morgan fingerprint density at radius 2 is 1.91 bits per heavy atom. The van der Waals surface area contributed by atoms with Gasteiger partial charge in [-0.1, -0.05) is 12.1 Å². The molecule has 1 aliphatic heterocycles. The maximum absolute atomic E-state index is 11.9. The summed E-state index contributed by atoms with van der Waals surface area (Å²) in [6, 6.07) is 6.63. The molecule has 114 valence electrons. The number of aliphatic carboxylic acids is 1. The van der Waals surface area contributed by atoms with Crippen LogP contribution in [0.3, 0.4) is 0 Å². The Bertz CT molecular complexity index is 681. The molecule has 1 saturated heterocycles. The Balaban J connectivity index is 2.16. The van der Waals surface area contributed by atoms with Gasteiger partial charge < -0.3 is 15.2 Å². The lowest BCUT2D eigenvalue weighted by Crippen LogP contribution is -2.40. The van der Waals surface area contributed by atoms with E-state index in [-0.39, 0.29) is 10.8 Å². The molecule has 0 radical (unpaired) electrons. The molecule has 8 heteroatoms. The van der Waals surface area contributed by atoms with Gasteiger partial charge in [0.2, 0.25) is 5.91 Å². The molecule has 3 amide bonds. The van der Waals surface area contributed by atoms with Crippen molar-refractivity contribution in [2.24, 2.45) is 0 Å². The van der Waals surface area contributed by atoms with Gasteiger partial charge in [-0.15, -0.1) is 0 Å². The first-order valence-electron chi connectivity index (χ1n) is 6.19. The molecule has 1 aromatic rings. The van der Waals surface area contributed by atoms with Crippen molar-refractivity contribution in [2.45, 2.75) is 6.92 Å². The quantitative estimate of drug-likeness (QED) is 0.807. The smallest absolute Gasteiger partial charge is 0.293 e. The van der Waals surface area contributed by atoms with E-state index >= 15 is 0 Å². The highest BCUT2D eigenvalue weighted by Crippen LogP contribution is 2.32. The standard InChI is InChI=1S/C14H12N2O5S/c1-8(17)15-10-4-2-9(3-5-10)6-11-13(20)16(7-12(18)19)14(21)22-11/h2-6H,7H2,1H3,(H,15,17)(H,18,19)/p-1/b11-6-. The first-order valence-corrected chi connectivity index (χ1v) is 7.01. The topological polar surface area (TPSA) is 107 Å². The van der Waals surface area contributed by atoms with Gasteiger partial charge in [0, 0.05) is 12.6 Å². The summed E-state index contributed by atoms with van der Waals surface area (Å²) in [5.41, 5.74) is 1.25. The van der Waals surface area contributed by atoms with Gasteiger partial charge in [-0.3, -0.25) is 19.3 Å².